The van der Waals surface area contributed by atoms with Crippen molar-refractivity contribution in [1.29, 1.82) is 0 Å². The highest BCUT2D eigenvalue weighted by atomic mass is 32.1. The topological polar surface area (TPSA) is 75.1 Å². The van der Waals surface area contributed by atoms with Crippen molar-refractivity contribution in [3.8, 4) is 0 Å². The largest absolute Gasteiger partial charge is 0.390 e. The van der Waals surface area contributed by atoms with Crippen molar-refractivity contribution in [3.05, 3.63) is 5.01 Å². The van der Waals surface area contributed by atoms with E-state index in [9.17, 15) is 9.90 Å². The van der Waals surface area contributed by atoms with Crippen LogP contribution >= 0.6 is 11.3 Å². The number of nitrogens with zero attached hydrogens (tertiary/aromatic N) is 2. The molecule has 0 aromatic carbocycles. The third-order valence-electron chi connectivity index (χ3n) is 5.50. The molecule has 21 heavy (non-hydrogen) atoms. The minimum absolute atomic E-state index is 0.0498. The minimum Gasteiger partial charge on any atom is -0.390 e. The molecule has 2 atom stereocenters. The van der Waals surface area contributed by atoms with E-state index >= 15 is 0 Å². The molecule has 2 unspecified atom stereocenters. The molecule has 4 aliphatic carbocycles. The van der Waals surface area contributed by atoms with Crippen molar-refractivity contribution in [2.24, 2.45) is 17.3 Å². The molecule has 4 saturated carbocycles. The number of amides is 1. The summed E-state index contributed by atoms with van der Waals surface area (Å²) in [6.07, 6.45) is 6.28. The molecule has 2 N–H and O–H groups in total. The molecule has 1 heterocycles. The normalized spacial score (nSPS) is 40.5. The zero-order chi connectivity index (χ0) is 14.7. The predicted octanol–water partition coefficient (Wildman–Crippen LogP) is 2.37. The van der Waals surface area contributed by atoms with Gasteiger partial charge in [-0.05, 0) is 56.8 Å². The summed E-state index contributed by atoms with van der Waals surface area (Å²) in [5, 5.41) is 23.3. The molecular weight excluding hydrogens is 286 g/mol. The monoisotopic (exact) mass is 307 g/mol. The number of hydrogen-bond donors (Lipinski definition) is 2. The fourth-order valence-electron chi connectivity index (χ4n) is 5.16. The van der Waals surface area contributed by atoms with E-state index in [0.717, 1.165) is 37.1 Å². The van der Waals surface area contributed by atoms with Gasteiger partial charge in [0.25, 0.3) is 0 Å². The number of aryl methyl sites for hydroxylation is 1. The Morgan fingerprint density at radius 2 is 2.05 bits per heavy atom. The highest BCUT2D eigenvalue weighted by Gasteiger charge is 2.60. The zero-order valence-electron chi connectivity index (χ0n) is 12.3. The first-order chi connectivity index (χ1) is 10.0. The molecule has 4 bridgehead atoms. The fourth-order valence-corrected chi connectivity index (χ4v) is 5.83. The molecule has 4 fully saturated rings. The van der Waals surface area contributed by atoms with Gasteiger partial charge in [-0.25, -0.2) is 0 Å². The highest BCUT2D eigenvalue weighted by Crippen LogP contribution is 2.61. The second kappa shape index (κ2) is 4.49. The quantitative estimate of drug-likeness (QED) is 0.899. The number of carbonyl (C=O) groups excluding carboxylic acids is 1. The average Bonchev–Trinajstić information content (AvgIpc) is 2.83. The number of rotatable bonds is 3. The van der Waals surface area contributed by atoms with E-state index in [0.29, 0.717) is 23.4 Å². The third kappa shape index (κ3) is 2.19. The summed E-state index contributed by atoms with van der Waals surface area (Å²) in [6, 6.07) is 0. The predicted molar refractivity (Wildman–Crippen MR) is 80.0 cm³/mol. The molecule has 5 nitrogen and oxygen atoms in total. The van der Waals surface area contributed by atoms with Gasteiger partial charge in [-0.3, -0.25) is 4.79 Å². The molecule has 0 saturated heterocycles. The summed E-state index contributed by atoms with van der Waals surface area (Å²) in [6.45, 7) is 2.03. The lowest BCUT2D eigenvalue weighted by molar-refractivity contribution is -0.174. The SMILES string of the molecule is CCc1nnc(NC(=O)C23CC4CC(CC(O)(C4)C2)C3)s1. The molecule has 0 aliphatic heterocycles. The van der Waals surface area contributed by atoms with Gasteiger partial charge in [-0.2, -0.15) is 0 Å². The van der Waals surface area contributed by atoms with Crippen LogP contribution in [0, 0.1) is 17.3 Å². The standard InChI is InChI=1S/C15H21N3O2S/c1-2-11-17-18-13(21-11)16-12(19)14-4-9-3-10(5-14)7-15(20,6-9)8-14/h9-10,20H,2-8H2,1H3,(H,16,18,19). The van der Waals surface area contributed by atoms with Crippen LogP contribution in [0.1, 0.15) is 50.5 Å². The lowest BCUT2D eigenvalue weighted by atomic mass is 9.47. The summed E-state index contributed by atoms with van der Waals surface area (Å²) < 4.78 is 0. The fraction of sp³-hybridized carbons (Fsp3) is 0.800. The average molecular weight is 307 g/mol. The number of hydrogen-bond acceptors (Lipinski definition) is 5. The first-order valence-electron chi connectivity index (χ1n) is 7.86. The molecule has 6 heteroatoms. The number of anilines is 1. The highest BCUT2D eigenvalue weighted by molar-refractivity contribution is 7.15. The molecule has 0 radical (unpaired) electrons. The van der Waals surface area contributed by atoms with Crippen LogP contribution in [0.3, 0.4) is 0 Å². The zero-order valence-corrected chi connectivity index (χ0v) is 13.1. The van der Waals surface area contributed by atoms with Crippen LogP contribution in [0.4, 0.5) is 5.13 Å². The van der Waals surface area contributed by atoms with Gasteiger partial charge in [0.05, 0.1) is 11.0 Å². The van der Waals surface area contributed by atoms with E-state index in [4.69, 9.17) is 0 Å². The van der Waals surface area contributed by atoms with Gasteiger partial charge in [-0.1, -0.05) is 18.3 Å². The van der Waals surface area contributed by atoms with Crippen molar-refractivity contribution in [2.75, 3.05) is 5.32 Å². The van der Waals surface area contributed by atoms with E-state index in [2.05, 4.69) is 15.5 Å². The number of aromatic nitrogens is 2. The second-order valence-electron chi connectivity index (χ2n) is 7.27. The van der Waals surface area contributed by atoms with E-state index in [1.807, 2.05) is 6.92 Å². The maximum atomic E-state index is 12.8. The Hall–Kier alpha value is -1.01. The van der Waals surface area contributed by atoms with Gasteiger partial charge in [-0.15, -0.1) is 10.2 Å². The maximum Gasteiger partial charge on any atom is 0.232 e. The van der Waals surface area contributed by atoms with Crippen molar-refractivity contribution in [3.63, 3.8) is 0 Å². The minimum atomic E-state index is -0.600. The van der Waals surface area contributed by atoms with Crippen molar-refractivity contribution in [2.45, 2.75) is 57.5 Å². The maximum absolute atomic E-state index is 12.8. The number of carbonyl (C=O) groups is 1. The first-order valence-corrected chi connectivity index (χ1v) is 8.68. The molecule has 0 spiro atoms. The summed E-state index contributed by atoms with van der Waals surface area (Å²) in [7, 11) is 0. The van der Waals surface area contributed by atoms with Crippen molar-refractivity contribution < 1.29 is 9.90 Å². The first kappa shape index (κ1) is 13.6. The lowest BCUT2D eigenvalue weighted by Crippen LogP contribution is -2.59. The van der Waals surface area contributed by atoms with Crippen molar-refractivity contribution in [1.82, 2.24) is 10.2 Å². The van der Waals surface area contributed by atoms with Crippen LogP contribution in [0.15, 0.2) is 0 Å². The molecule has 1 amide bonds. The van der Waals surface area contributed by atoms with Gasteiger partial charge in [0.1, 0.15) is 5.01 Å². The van der Waals surface area contributed by atoms with Gasteiger partial charge in [0.2, 0.25) is 11.0 Å². The smallest absolute Gasteiger partial charge is 0.232 e. The molecular formula is C15H21N3O2S. The summed E-state index contributed by atoms with van der Waals surface area (Å²) >= 11 is 1.45. The summed E-state index contributed by atoms with van der Waals surface area (Å²) in [5.41, 5.74) is -0.978. The Bertz CT molecular complexity index is 571. The molecule has 4 aliphatic rings. The van der Waals surface area contributed by atoms with Crippen LogP contribution in [0.2, 0.25) is 0 Å². The van der Waals surface area contributed by atoms with Crippen LogP contribution in [-0.4, -0.2) is 26.8 Å². The van der Waals surface area contributed by atoms with Crippen LogP contribution in [-0.2, 0) is 11.2 Å². The van der Waals surface area contributed by atoms with Gasteiger partial charge in [0, 0.05) is 0 Å². The molecule has 114 valence electrons. The van der Waals surface area contributed by atoms with E-state index in [1.54, 1.807) is 0 Å². The molecule has 1 aromatic rings. The van der Waals surface area contributed by atoms with E-state index in [1.165, 1.54) is 17.8 Å². The van der Waals surface area contributed by atoms with Gasteiger partial charge >= 0.3 is 0 Å². The van der Waals surface area contributed by atoms with Crippen LogP contribution in [0.25, 0.3) is 0 Å². The third-order valence-corrected chi connectivity index (χ3v) is 6.48. The number of nitrogens with one attached hydrogen (secondary N) is 1. The summed E-state index contributed by atoms with van der Waals surface area (Å²) in [5.74, 6) is 1.08. The Labute approximate surface area is 128 Å². The lowest BCUT2D eigenvalue weighted by Gasteiger charge is -2.59. The second-order valence-corrected chi connectivity index (χ2v) is 8.34. The summed E-state index contributed by atoms with van der Waals surface area (Å²) in [4.78, 5) is 12.8. The Balaban J connectivity index is 1.56. The Morgan fingerprint density at radius 3 is 2.62 bits per heavy atom. The van der Waals surface area contributed by atoms with Crippen molar-refractivity contribution >= 4 is 22.4 Å². The Kier molecular flexibility index (Phi) is 2.92. The van der Waals surface area contributed by atoms with Gasteiger partial charge in [0.15, 0.2) is 0 Å². The number of aliphatic hydroxyl groups is 1. The molecule has 5 rings (SSSR count). The van der Waals surface area contributed by atoms with Crippen LogP contribution in [0.5, 0.6) is 0 Å². The van der Waals surface area contributed by atoms with E-state index in [-0.39, 0.29) is 11.3 Å². The van der Waals surface area contributed by atoms with Gasteiger partial charge < -0.3 is 10.4 Å². The molecule has 1 aromatic heterocycles. The Morgan fingerprint density at radius 1 is 1.33 bits per heavy atom. The van der Waals surface area contributed by atoms with Crippen LogP contribution < -0.4 is 5.32 Å². The van der Waals surface area contributed by atoms with E-state index < -0.39 is 5.60 Å².